The average Bonchev–Trinajstić information content (AvgIpc) is 2.57. The summed E-state index contributed by atoms with van der Waals surface area (Å²) in [7, 11) is 0.512. The minimum atomic E-state index is -3.11. The van der Waals surface area contributed by atoms with Crippen LogP contribution in [0.15, 0.2) is 24.3 Å². The summed E-state index contributed by atoms with van der Waals surface area (Å²) >= 11 is 6.08. The molecule has 0 aliphatic carbocycles. The molecule has 0 bridgehead atoms. The van der Waals surface area contributed by atoms with Crippen molar-refractivity contribution in [3.8, 4) is 11.8 Å². The van der Waals surface area contributed by atoms with E-state index in [0.29, 0.717) is 31.4 Å². The third-order valence-corrected chi connectivity index (χ3v) is 5.55. The van der Waals surface area contributed by atoms with Gasteiger partial charge in [0, 0.05) is 12.1 Å². The molecule has 1 aromatic rings. The first-order chi connectivity index (χ1) is 12.0. The van der Waals surface area contributed by atoms with Crippen LogP contribution in [0, 0.1) is 11.8 Å². The van der Waals surface area contributed by atoms with Crippen LogP contribution in [0.25, 0.3) is 0 Å². The van der Waals surface area contributed by atoms with Gasteiger partial charge in [-0.1, -0.05) is 35.6 Å². The molecular weight excluding hydrogens is 361 g/mol. The summed E-state index contributed by atoms with van der Waals surface area (Å²) in [6, 6.07) is 7.72. The fourth-order valence-corrected chi connectivity index (χ4v) is 3.86. The molecule has 25 heavy (non-hydrogen) atoms. The van der Waals surface area contributed by atoms with Crippen molar-refractivity contribution < 1.29 is 18.3 Å². The van der Waals surface area contributed by atoms with Crippen molar-refractivity contribution in [1.82, 2.24) is 4.90 Å². The fourth-order valence-electron chi connectivity index (χ4n) is 2.32. The van der Waals surface area contributed by atoms with Gasteiger partial charge in [-0.15, -0.1) is 0 Å². The van der Waals surface area contributed by atoms with Crippen molar-refractivity contribution in [1.29, 1.82) is 0 Å². The van der Waals surface area contributed by atoms with Crippen LogP contribution in [-0.2, 0) is 18.3 Å². The molecule has 1 aromatic carbocycles. The third-order valence-electron chi connectivity index (χ3n) is 3.47. The third kappa shape index (κ3) is 7.92. The number of rotatable bonds is 10. The quantitative estimate of drug-likeness (QED) is 0.444. The molecule has 5 nitrogen and oxygen atoms in total. The number of benzene rings is 1. The maximum Gasteiger partial charge on any atom is 0.342 e. The second kappa shape index (κ2) is 11.7. The van der Waals surface area contributed by atoms with Crippen molar-refractivity contribution in [2.75, 3.05) is 46.7 Å². The summed E-state index contributed by atoms with van der Waals surface area (Å²) in [5, 5.41) is 0.687. The normalized spacial score (nSPS) is 12.7. The average molecular weight is 388 g/mol. The van der Waals surface area contributed by atoms with Crippen LogP contribution in [0.1, 0.15) is 25.5 Å². The number of likely N-dealkylation sites (N-methyl/N-ethyl adjacent to an activating group) is 1. The Bertz CT molecular complexity index is 619. The van der Waals surface area contributed by atoms with E-state index in [4.69, 9.17) is 25.4 Å². The lowest BCUT2D eigenvalue weighted by atomic mass is 10.1. The highest BCUT2D eigenvalue weighted by Crippen LogP contribution is 2.47. The molecule has 0 aliphatic heterocycles. The van der Waals surface area contributed by atoms with E-state index < -0.39 is 7.60 Å². The monoisotopic (exact) mass is 387 g/mol. The zero-order valence-corrected chi connectivity index (χ0v) is 17.0. The van der Waals surface area contributed by atoms with Crippen LogP contribution in [0.2, 0.25) is 5.02 Å². The van der Waals surface area contributed by atoms with Gasteiger partial charge in [0.25, 0.3) is 0 Å². The molecule has 1 atom stereocenters. The Kier molecular flexibility index (Phi) is 10.4. The van der Waals surface area contributed by atoms with Gasteiger partial charge in [0.05, 0.1) is 32.4 Å². The van der Waals surface area contributed by atoms with Crippen molar-refractivity contribution in [3.05, 3.63) is 34.9 Å². The summed E-state index contributed by atoms with van der Waals surface area (Å²) in [6.45, 7) is 5.27. The van der Waals surface area contributed by atoms with Gasteiger partial charge < -0.3 is 13.8 Å². The lowest BCUT2D eigenvalue weighted by molar-refractivity contribution is 0.114. The second-order valence-corrected chi connectivity index (χ2v) is 7.89. The van der Waals surface area contributed by atoms with E-state index in [0.717, 1.165) is 5.56 Å². The maximum absolute atomic E-state index is 12.4. The summed E-state index contributed by atoms with van der Waals surface area (Å²) in [5.74, 6) is 5.95. The lowest BCUT2D eigenvalue weighted by Crippen LogP contribution is -2.28. The topological polar surface area (TPSA) is 48.0 Å². The van der Waals surface area contributed by atoms with E-state index in [1.807, 2.05) is 31.3 Å². The van der Waals surface area contributed by atoms with Gasteiger partial charge in [-0.3, -0.25) is 9.46 Å². The Morgan fingerprint density at radius 3 is 2.48 bits per heavy atom. The Morgan fingerprint density at radius 2 is 1.92 bits per heavy atom. The Morgan fingerprint density at radius 1 is 1.24 bits per heavy atom. The van der Waals surface area contributed by atoms with Gasteiger partial charge in [-0.2, -0.15) is 0 Å². The van der Waals surface area contributed by atoms with Crippen LogP contribution < -0.4 is 0 Å². The summed E-state index contributed by atoms with van der Waals surface area (Å²) in [4.78, 5) is 2.06. The predicted octanol–water partition coefficient (Wildman–Crippen LogP) is 4.23. The van der Waals surface area contributed by atoms with Crippen LogP contribution in [0.4, 0.5) is 0 Å². The van der Waals surface area contributed by atoms with Gasteiger partial charge in [0.1, 0.15) is 6.16 Å². The Balaban J connectivity index is 2.72. The minimum absolute atomic E-state index is 0.0311. The largest absolute Gasteiger partial charge is 0.383 e. The highest BCUT2D eigenvalue weighted by atomic mass is 35.5. The van der Waals surface area contributed by atoms with E-state index in [1.165, 1.54) is 0 Å². The van der Waals surface area contributed by atoms with Gasteiger partial charge in [-0.05, 0) is 38.6 Å². The summed E-state index contributed by atoms with van der Waals surface area (Å²) in [5.41, 5.74) is 1.06. The van der Waals surface area contributed by atoms with Gasteiger partial charge in [0.15, 0.2) is 0 Å². The maximum atomic E-state index is 12.4. The van der Waals surface area contributed by atoms with Gasteiger partial charge in [0.2, 0.25) is 0 Å². The van der Waals surface area contributed by atoms with Crippen molar-refractivity contribution in [3.63, 3.8) is 0 Å². The standard InChI is InChI=1S/C18H27ClNO4P/c1-5-23-25(21,24-6-2)13-8-7-12-20(3)18(15-22-4)16-10-9-11-17(19)14-16/h9-11,14,18H,5-6,12-13,15H2,1-4H3. The highest BCUT2D eigenvalue weighted by molar-refractivity contribution is 7.54. The van der Waals surface area contributed by atoms with Crippen LogP contribution >= 0.6 is 19.2 Å². The first-order valence-corrected chi connectivity index (χ1v) is 10.3. The Labute approximate surface area is 156 Å². The summed E-state index contributed by atoms with van der Waals surface area (Å²) in [6.07, 6.45) is 0.0919. The molecule has 1 rings (SSSR count). The SMILES string of the molecule is CCOP(=O)(CC#CCN(C)C(COC)c1cccc(Cl)c1)OCC. The molecule has 0 aromatic heterocycles. The molecular formula is C18H27ClNO4P. The second-order valence-electron chi connectivity index (χ2n) is 5.40. The number of ether oxygens (including phenoxy) is 1. The molecule has 1 unspecified atom stereocenters. The fraction of sp³-hybridized carbons (Fsp3) is 0.556. The molecule has 0 heterocycles. The summed E-state index contributed by atoms with van der Waals surface area (Å²) < 4.78 is 28.1. The number of nitrogens with zero attached hydrogens (tertiary/aromatic N) is 1. The van der Waals surface area contributed by atoms with Crippen molar-refractivity contribution in [2.24, 2.45) is 0 Å². The van der Waals surface area contributed by atoms with Crippen LogP contribution in [0.5, 0.6) is 0 Å². The van der Waals surface area contributed by atoms with E-state index >= 15 is 0 Å². The molecule has 0 radical (unpaired) electrons. The molecule has 0 saturated carbocycles. The number of hydrogen-bond acceptors (Lipinski definition) is 5. The van der Waals surface area contributed by atoms with Crippen molar-refractivity contribution >= 4 is 19.2 Å². The molecule has 140 valence electrons. The number of halogens is 1. The number of methoxy groups -OCH3 is 1. The van der Waals surface area contributed by atoms with Crippen LogP contribution in [-0.4, -0.2) is 51.6 Å². The first-order valence-electron chi connectivity index (χ1n) is 8.24. The van der Waals surface area contributed by atoms with E-state index in [-0.39, 0.29) is 12.2 Å². The highest BCUT2D eigenvalue weighted by Gasteiger charge is 2.21. The molecule has 0 fully saturated rings. The first kappa shape index (κ1) is 22.2. The smallest absolute Gasteiger partial charge is 0.342 e. The van der Waals surface area contributed by atoms with Gasteiger partial charge >= 0.3 is 7.60 Å². The van der Waals surface area contributed by atoms with Crippen molar-refractivity contribution in [2.45, 2.75) is 19.9 Å². The molecule has 0 spiro atoms. The molecule has 0 aliphatic rings. The molecule has 0 amide bonds. The molecule has 7 heteroatoms. The Hall–Kier alpha value is -0.860. The van der Waals surface area contributed by atoms with E-state index in [2.05, 4.69) is 16.7 Å². The predicted molar refractivity (Wildman–Crippen MR) is 102 cm³/mol. The van der Waals surface area contributed by atoms with Gasteiger partial charge in [-0.25, -0.2) is 0 Å². The zero-order valence-electron chi connectivity index (χ0n) is 15.3. The zero-order chi connectivity index (χ0) is 18.7. The lowest BCUT2D eigenvalue weighted by Gasteiger charge is -2.26. The molecule has 0 saturated heterocycles. The van der Waals surface area contributed by atoms with Crippen LogP contribution in [0.3, 0.4) is 0 Å². The van der Waals surface area contributed by atoms with E-state index in [1.54, 1.807) is 21.0 Å². The number of hydrogen-bond donors (Lipinski definition) is 0. The van der Waals surface area contributed by atoms with E-state index in [9.17, 15) is 4.57 Å². The molecule has 0 N–H and O–H groups in total. The minimum Gasteiger partial charge on any atom is -0.383 e.